The minimum Gasteiger partial charge on any atom is -0.345 e. The molecule has 132 valence electrons. The van der Waals surface area contributed by atoms with E-state index in [9.17, 15) is 14.9 Å². The molecule has 0 spiro atoms. The molecule has 1 saturated heterocycles. The molecular weight excluding hydrogens is 306 g/mol. The molecule has 1 fully saturated rings. The number of carbonyl (C=O) groups is 1. The molecule has 0 unspecified atom stereocenters. The average molecular weight is 333 g/mol. The largest absolute Gasteiger partial charge is 0.345 e. The molecule has 0 saturated carbocycles. The van der Waals surface area contributed by atoms with Crippen LogP contribution in [0.5, 0.6) is 0 Å². The maximum atomic E-state index is 12.5. The number of carbonyl (C=O) groups excluding carboxylic acids is 1. The molecule has 0 N–H and O–H groups in total. The van der Waals surface area contributed by atoms with Gasteiger partial charge in [-0.15, -0.1) is 0 Å². The lowest BCUT2D eigenvalue weighted by Crippen LogP contribution is -2.41. The summed E-state index contributed by atoms with van der Waals surface area (Å²) in [7, 11) is 1.89. The van der Waals surface area contributed by atoms with Gasteiger partial charge in [0.1, 0.15) is 0 Å². The van der Waals surface area contributed by atoms with Crippen molar-refractivity contribution in [1.82, 2.24) is 9.80 Å². The zero-order valence-corrected chi connectivity index (χ0v) is 14.8. The Kier molecular flexibility index (Phi) is 6.31. The van der Waals surface area contributed by atoms with Gasteiger partial charge in [0.2, 0.25) is 5.91 Å². The summed E-state index contributed by atoms with van der Waals surface area (Å²) in [5, 5.41) is 10.9. The fourth-order valence-corrected chi connectivity index (χ4v) is 3.31. The van der Waals surface area contributed by atoms with Crippen LogP contribution in [0.3, 0.4) is 0 Å². The van der Waals surface area contributed by atoms with Gasteiger partial charge in [-0.2, -0.15) is 0 Å². The minimum atomic E-state index is -0.362. The lowest BCUT2D eigenvalue weighted by Gasteiger charge is -2.33. The lowest BCUT2D eigenvalue weighted by molar-refractivity contribution is -0.384. The van der Waals surface area contributed by atoms with E-state index >= 15 is 0 Å². The predicted molar refractivity (Wildman–Crippen MR) is 93.6 cm³/mol. The Hall–Kier alpha value is -1.95. The molecule has 0 aliphatic carbocycles. The maximum Gasteiger partial charge on any atom is 0.269 e. The number of hydrogen-bond donors (Lipinski definition) is 0. The van der Waals surface area contributed by atoms with E-state index in [-0.39, 0.29) is 22.4 Å². The Bertz CT molecular complexity index is 581. The zero-order valence-electron chi connectivity index (χ0n) is 14.8. The van der Waals surface area contributed by atoms with E-state index in [4.69, 9.17) is 0 Å². The molecule has 6 nitrogen and oxygen atoms in total. The highest BCUT2D eigenvalue weighted by molar-refractivity contribution is 5.78. The van der Waals surface area contributed by atoms with E-state index in [1.54, 1.807) is 12.1 Å². The van der Waals surface area contributed by atoms with Crippen molar-refractivity contribution in [3.8, 4) is 0 Å². The average Bonchev–Trinajstić information content (AvgIpc) is 2.54. The topological polar surface area (TPSA) is 66.7 Å². The Morgan fingerprint density at radius 2 is 2.04 bits per heavy atom. The first-order chi connectivity index (χ1) is 11.4. The number of rotatable bonds is 6. The monoisotopic (exact) mass is 333 g/mol. The highest BCUT2D eigenvalue weighted by atomic mass is 16.6. The van der Waals surface area contributed by atoms with Crippen molar-refractivity contribution in [2.75, 3.05) is 26.7 Å². The minimum absolute atomic E-state index is 0.107. The van der Waals surface area contributed by atoms with Crippen LogP contribution in [-0.4, -0.2) is 47.3 Å². The van der Waals surface area contributed by atoms with Crippen LogP contribution in [0.25, 0.3) is 0 Å². The Morgan fingerprint density at radius 1 is 1.38 bits per heavy atom. The molecule has 24 heavy (non-hydrogen) atoms. The second-order valence-electron chi connectivity index (χ2n) is 7.09. The van der Waals surface area contributed by atoms with Crippen molar-refractivity contribution in [2.45, 2.75) is 33.2 Å². The molecule has 1 aliphatic rings. The van der Waals surface area contributed by atoms with Gasteiger partial charge in [-0.05, 0) is 37.4 Å². The summed E-state index contributed by atoms with van der Waals surface area (Å²) < 4.78 is 0. The third-order valence-corrected chi connectivity index (χ3v) is 4.48. The summed E-state index contributed by atoms with van der Waals surface area (Å²) in [6.07, 6.45) is 1.71. The molecule has 0 atom stereocenters. The van der Waals surface area contributed by atoms with E-state index in [1.807, 2.05) is 18.0 Å². The van der Waals surface area contributed by atoms with Gasteiger partial charge in [-0.25, -0.2) is 0 Å². The van der Waals surface area contributed by atoms with Crippen molar-refractivity contribution < 1.29 is 9.72 Å². The molecule has 1 aromatic rings. The van der Waals surface area contributed by atoms with Gasteiger partial charge in [0.05, 0.1) is 4.92 Å². The number of hydrogen-bond acceptors (Lipinski definition) is 4. The van der Waals surface area contributed by atoms with Crippen LogP contribution in [0.4, 0.5) is 5.69 Å². The molecule has 0 aromatic heterocycles. The van der Waals surface area contributed by atoms with Crippen molar-refractivity contribution in [3.05, 3.63) is 39.9 Å². The van der Waals surface area contributed by atoms with Crippen LogP contribution < -0.4 is 0 Å². The predicted octanol–water partition coefficient (Wildman–Crippen LogP) is 2.92. The van der Waals surface area contributed by atoms with Crippen LogP contribution in [0, 0.1) is 22.0 Å². The summed E-state index contributed by atoms with van der Waals surface area (Å²) >= 11 is 0. The Morgan fingerprint density at radius 3 is 2.62 bits per heavy atom. The number of nitro benzene ring substituents is 1. The van der Waals surface area contributed by atoms with Gasteiger partial charge in [0.15, 0.2) is 0 Å². The van der Waals surface area contributed by atoms with Gasteiger partial charge in [-0.1, -0.05) is 26.0 Å². The van der Waals surface area contributed by atoms with Crippen molar-refractivity contribution >= 4 is 11.6 Å². The summed E-state index contributed by atoms with van der Waals surface area (Å²) in [6.45, 7) is 7.44. The lowest BCUT2D eigenvalue weighted by atomic mass is 9.94. The van der Waals surface area contributed by atoms with Crippen LogP contribution in [-0.2, 0) is 11.3 Å². The summed E-state index contributed by atoms with van der Waals surface area (Å²) in [5.74, 6) is 0.835. The molecule has 6 heteroatoms. The summed E-state index contributed by atoms with van der Waals surface area (Å²) in [5.41, 5.74) is 1.08. The first-order valence-electron chi connectivity index (χ1n) is 8.57. The molecule has 1 aromatic carbocycles. The van der Waals surface area contributed by atoms with Gasteiger partial charge < -0.3 is 4.90 Å². The van der Waals surface area contributed by atoms with E-state index in [2.05, 4.69) is 18.7 Å². The van der Waals surface area contributed by atoms with Crippen molar-refractivity contribution in [3.63, 3.8) is 0 Å². The maximum absolute atomic E-state index is 12.5. The Labute approximate surface area is 143 Å². The first kappa shape index (κ1) is 18.4. The normalized spacial score (nSPS) is 16.3. The number of amides is 1. The Balaban J connectivity index is 1.85. The molecule has 1 aliphatic heterocycles. The third kappa shape index (κ3) is 5.03. The number of nitro groups is 1. The second-order valence-corrected chi connectivity index (χ2v) is 7.09. The molecular formula is C18H27N3O3. The molecule has 1 amide bonds. The number of likely N-dealkylation sites (tertiary alicyclic amines) is 1. The number of nitrogens with zero attached hydrogens (tertiary/aromatic N) is 3. The zero-order chi connectivity index (χ0) is 17.7. The SMILES string of the molecule is CC(C)CN(C)C(=O)C1CCN(Cc2cccc([N+](=O)[O-])c2)CC1. The third-order valence-electron chi connectivity index (χ3n) is 4.48. The van der Waals surface area contributed by atoms with E-state index < -0.39 is 0 Å². The van der Waals surface area contributed by atoms with Crippen LogP contribution in [0.2, 0.25) is 0 Å². The van der Waals surface area contributed by atoms with E-state index in [1.165, 1.54) is 6.07 Å². The number of piperidine rings is 1. The van der Waals surface area contributed by atoms with E-state index in [0.717, 1.165) is 38.0 Å². The highest BCUT2D eigenvalue weighted by Crippen LogP contribution is 2.22. The molecule has 0 bridgehead atoms. The first-order valence-corrected chi connectivity index (χ1v) is 8.57. The molecule has 0 radical (unpaired) electrons. The van der Waals surface area contributed by atoms with Gasteiger partial charge in [0.25, 0.3) is 5.69 Å². The fraction of sp³-hybridized carbons (Fsp3) is 0.611. The quantitative estimate of drug-likeness (QED) is 0.593. The van der Waals surface area contributed by atoms with Crippen LogP contribution >= 0.6 is 0 Å². The smallest absolute Gasteiger partial charge is 0.269 e. The molecule has 2 rings (SSSR count). The van der Waals surface area contributed by atoms with Gasteiger partial charge >= 0.3 is 0 Å². The van der Waals surface area contributed by atoms with E-state index in [0.29, 0.717) is 12.5 Å². The van der Waals surface area contributed by atoms with Crippen LogP contribution in [0.1, 0.15) is 32.3 Å². The number of non-ortho nitro benzene ring substituents is 1. The van der Waals surface area contributed by atoms with Gasteiger partial charge in [0, 0.05) is 38.2 Å². The van der Waals surface area contributed by atoms with Crippen LogP contribution in [0.15, 0.2) is 24.3 Å². The fourth-order valence-electron chi connectivity index (χ4n) is 3.31. The van der Waals surface area contributed by atoms with Gasteiger partial charge in [-0.3, -0.25) is 19.8 Å². The second kappa shape index (κ2) is 8.24. The van der Waals surface area contributed by atoms with Crippen molar-refractivity contribution in [1.29, 1.82) is 0 Å². The molecule has 1 heterocycles. The number of benzene rings is 1. The highest BCUT2D eigenvalue weighted by Gasteiger charge is 2.27. The van der Waals surface area contributed by atoms with Crippen molar-refractivity contribution in [2.24, 2.45) is 11.8 Å². The summed E-state index contributed by atoms with van der Waals surface area (Å²) in [6, 6.07) is 6.79. The standard InChI is InChI=1S/C18H27N3O3/c1-14(2)12-19(3)18(22)16-7-9-20(10-8-16)13-15-5-4-6-17(11-15)21(23)24/h4-6,11,14,16H,7-10,12-13H2,1-3H3. The summed E-state index contributed by atoms with van der Waals surface area (Å²) in [4.78, 5) is 27.1.